The summed E-state index contributed by atoms with van der Waals surface area (Å²) in [4.78, 5) is 21.0. The molecular weight excluding hydrogens is 388 g/mol. The van der Waals surface area contributed by atoms with E-state index in [0.717, 1.165) is 27.9 Å². The maximum atomic E-state index is 12.2. The first-order valence-electron chi connectivity index (χ1n) is 9.24. The molecule has 29 heavy (non-hydrogen) atoms. The predicted molar refractivity (Wildman–Crippen MR) is 111 cm³/mol. The van der Waals surface area contributed by atoms with Crippen molar-refractivity contribution in [1.29, 1.82) is 0 Å². The van der Waals surface area contributed by atoms with E-state index in [0.29, 0.717) is 29.1 Å². The second kappa shape index (κ2) is 8.48. The Morgan fingerprint density at radius 2 is 2.00 bits per heavy atom. The second-order valence-corrected chi connectivity index (χ2v) is 7.63. The molecule has 0 atom stereocenters. The molecule has 7 nitrogen and oxygen atoms in total. The minimum absolute atomic E-state index is 0.0840. The number of aryl methyl sites for hydroxylation is 3. The third-order valence-electron chi connectivity index (χ3n) is 4.34. The first-order chi connectivity index (χ1) is 14.1. The molecule has 0 saturated heterocycles. The largest absolute Gasteiger partial charge is 0.431 e. The summed E-state index contributed by atoms with van der Waals surface area (Å²) in [6.45, 7) is 3.96. The van der Waals surface area contributed by atoms with Crippen molar-refractivity contribution in [3.8, 4) is 0 Å². The molecule has 0 aliphatic rings. The van der Waals surface area contributed by atoms with E-state index in [4.69, 9.17) is 8.94 Å². The maximum Gasteiger partial charge on any atom is 0.257 e. The number of para-hydroxylation sites is 2. The Hall–Kier alpha value is -3.13. The van der Waals surface area contributed by atoms with Crippen LogP contribution in [0.15, 0.2) is 56.6 Å². The van der Waals surface area contributed by atoms with E-state index in [1.165, 1.54) is 11.8 Å². The monoisotopic (exact) mass is 408 g/mol. The van der Waals surface area contributed by atoms with Crippen LogP contribution in [0.1, 0.15) is 29.3 Å². The van der Waals surface area contributed by atoms with Gasteiger partial charge < -0.3 is 14.3 Å². The molecular formula is C21H20N4O3S. The number of nitrogens with zero attached hydrogens (tertiary/aromatic N) is 3. The first-order valence-corrected chi connectivity index (χ1v) is 10.2. The Morgan fingerprint density at radius 1 is 1.14 bits per heavy atom. The normalized spacial score (nSPS) is 11.1. The number of hydrogen-bond donors (Lipinski definition) is 1. The summed E-state index contributed by atoms with van der Waals surface area (Å²) in [5, 5.41) is 7.46. The van der Waals surface area contributed by atoms with Crippen molar-refractivity contribution in [3.63, 3.8) is 0 Å². The molecule has 0 saturated carbocycles. The number of carbonyl (C=O) groups excluding carboxylic acids is 1. The lowest BCUT2D eigenvalue weighted by atomic mass is 10.1. The van der Waals surface area contributed by atoms with Crippen molar-refractivity contribution in [2.75, 3.05) is 5.32 Å². The van der Waals surface area contributed by atoms with Crippen LogP contribution in [0.25, 0.3) is 11.1 Å². The van der Waals surface area contributed by atoms with Gasteiger partial charge in [-0.05, 0) is 43.2 Å². The van der Waals surface area contributed by atoms with E-state index in [1.807, 2.05) is 56.3 Å². The number of aromatic nitrogens is 3. The van der Waals surface area contributed by atoms with Gasteiger partial charge in [0.1, 0.15) is 5.52 Å². The maximum absolute atomic E-state index is 12.2. The van der Waals surface area contributed by atoms with Gasteiger partial charge in [-0.2, -0.15) is 4.98 Å². The zero-order chi connectivity index (χ0) is 20.2. The minimum Gasteiger partial charge on any atom is -0.431 e. The Morgan fingerprint density at radius 3 is 2.86 bits per heavy atom. The number of rotatable bonds is 7. The minimum atomic E-state index is -0.0840. The van der Waals surface area contributed by atoms with Crippen molar-refractivity contribution in [2.24, 2.45) is 0 Å². The van der Waals surface area contributed by atoms with Crippen molar-refractivity contribution in [2.45, 2.75) is 37.7 Å². The van der Waals surface area contributed by atoms with Gasteiger partial charge in [0, 0.05) is 18.5 Å². The van der Waals surface area contributed by atoms with Crippen molar-refractivity contribution in [3.05, 3.63) is 65.3 Å². The Kier molecular flexibility index (Phi) is 5.62. The number of anilines is 1. The van der Waals surface area contributed by atoms with E-state index < -0.39 is 0 Å². The molecule has 2 heterocycles. The standard InChI is InChI=1S/C21H20N4O3S/c1-13-7-8-14(2)16(11-13)22-19(26)9-10-20-24-18(25-28-20)12-29-21-23-15-5-3-4-6-17(15)27-21/h3-8,11H,9-10,12H2,1-2H3,(H,22,26). The fourth-order valence-electron chi connectivity index (χ4n) is 2.79. The number of fused-ring (bicyclic) bond motifs is 1. The summed E-state index contributed by atoms with van der Waals surface area (Å²) < 4.78 is 10.9. The molecule has 0 unspecified atom stereocenters. The average Bonchev–Trinajstić information content (AvgIpc) is 3.34. The van der Waals surface area contributed by atoms with Crippen LogP contribution in [0.3, 0.4) is 0 Å². The van der Waals surface area contributed by atoms with Crippen molar-refractivity contribution >= 4 is 34.5 Å². The molecule has 0 fully saturated rings. The van der Waals surface area contributed by atoms with Crippen LogP contribution in [0, 0.1) is 13.8 Å². The van der Waals surface area contributed by atoms with E-state index >= 15 is 0 Å². The molecule has 0 aliphatic carbocycles. The molecule has 0 spiro atoms. The fraction of sp³-hybridized carbons (Fsp3) is 0.238. The Balaban J connectivity index is 1.28. The lowest BCUT2D eigenvalue weighted by Crippen LogP contribution is -2.13. The number of hydrogen-bond acceptors (Lipinski definition) is 7. The number of nitrogens with one attached hydrogen (secondary N) is 1. The topological polar surface area (TPSA) is 94.1 Å². The molecule has 2 aromatic carbocycles. The highest BCUT2D eigenvalue weighted by Crippen LogP contribution is 2.25. The molecule has 148 valence electrons. The quantitative estimate of drug-likeness (QED) is 0.443. The van der Waals surface area contributed by atoms with E-state index in [9.17, 15) is 4.79 Å². The van der Waals surface area contributed by atoms with Gasteiger partial charge in [-0.25, -0.2) is 4.98 Å². The van der Waals surface area contributed by atoms with Crippen LogP contribution < -0.4 is 5.32 Å². The summed E-state index contributed by atoms with van der Waals surface area (Å²) in [6.07, 6.45) is 0.657. The molecule has 4 aromatic rings. The molecule has 0 aliphatic heterocycles. The van der Waals surface area contributed by atoms with E-state index in [-0.39, 0.29) is 12.3 Å². The lowest BCUT2D eigenvalue weighted by molar-refractivity contribution is -0.116. The molecule has 0 bridgehead atoms. The van der Waals surface area contributed by atoms with E-state index in [2.05, 4.69) is 20.4 Å². The van der Waals surface area contributed by atoms with Crippen molar-refractivity contribution < 1.29 is 13.7 Å². The highest BCUT2D eigenvalue weighted by Gasteiger charge is 2.12. The van der Waals surface area contributed by atoms with Gasteiger partial charge in [-0.3, -0.25) is 4.79 Å². The van der Waals surface area contributed by atoms with Gasteiger partial charge in [-0.1, -0.05) is 41.2 Å². The third kappa shape index (κ3) is 4.83. The summed E-state index contributed by atoms with van der Waals surface area (Å²) >= 11 is 1.40. The van der Waals surface area contributed by atoms with Gasteiger partial charge in [0.2, 0.25) is 11.8 Å². The van der Waals surface area contributed by atoms with Crippen LogP contribution in [0.2, 0.25) is 0 Å². The van der Waals surface area contributed by atoms with Crippen LogP contribution in [-0.2, 0) is 17.0 Å². The SMILES string of the molecule is Cc1ccc(C)c(NC(=O)CCc2nc(CSc3nc4ccccc4o3)no2)c1. The summed E-state index contributed by atoms with van der Waals surface area (Å²) in [5.41, 5.74) is 4.53. The van der Waals surface area contributed by atoms with Gasteiger partial charge >= 0.3 is 0 Å². The highest BCUT2D eigenvalue weighted by molar-refractivity contribution is 7.98. The molecule has 8 heteroatoms. The zero-order valence-corrected chi connectivity index (χ0v) is 17.0. The third-order valence-corrected chi connectivity index (χ3v) is 5.17. The summed E-state index contributed by atoms with van der Waals surface area (Å²) in [5.74, 6) is 1.38. The van der Waals surface area contributed by atoms with Crippen molar-refractivity contribution in [1.82, 2.24) is 15.1 Å². The van der Waals surface area contributed by atoms with Gasteiger partial charge in [-0.15, -0.1) is 0 Å². The van der Waals surface area contributed by atoms with Gasteiger partial charge in [0.25, 0.3) is 5.22 Å². The number of amides is 1. The fourth-order valence-corrected chi connectivity index (χ4v) is 3.47. The summed E-state index contributed by atoms with van der Waals surface area (Å²) in [6, 6.07) is 13.6. The van der Waals surface area contributed by atoms with Crippen LogP contribution >= 0.6 is 11.8 Å². The van der Waals surface area contributed by atoms with Gasteiger partial charge in [0.15, 0.2) is 11.4 Å². The number of carbonyl (C=O) groups is 1. The molecule has 1 N–H and O–H groups in total. The lowest BCUT2D eigenvalue weighted by Gasteiger charge is -2.08. The predicted octanol–water partition coefficient (Wildman–Crippen LogP) is 4.69. The molecule has 4 rings (SSSR count). The number of benzene rings is 2. The first kappa shape index (κ1) is 19.2. The highest BCUT2D eigenvalue weighted by atomic mass is 32.2. The summed E-state index contributed by atoms with van der Waals surface area (Å²) in [7, 11) is 0. The smallest absolute Gasteiger partial charge is 0.257 e. The molecule has 1 amide bonds. The van der Waals surface area contributed by atoms with Crippen LogP contribution in [-0.4, -0.2) is 21.0 Å². The number of thioether (sulfide) groups is 1. The average molecular weight is 408 g/mol. The van der Waals surface area contributed by atoms with E-state index in [1.54, 1.807) is 0 Å². The second-order valence-electron chi connectivity index (χ2n) is 6.71. The number of oxazole rings is 1. The Labute approximate surface area is 171 Å². The van der Waals surface area contributed by atoms with Gasteiger partial charge in [0.05, 0.1) is 5.75 Å². The molecule has 2 aromatic heterocycles. The zero-order valence-electron chi connectivity index (χ0n) is 16.1. The van der Waals surface area contributed by atoms with Crippen LogP contribution in [0.4, 0.5) is 5.69 Å². The Bertz CT molecular complexity index is 1120. The van der Waals surface area contributed by atoms with Crippen LogP contribution in [0.5, 0.6) is 0 Å². The molecule has 0 radical (unpaired) electrons.